The van der Waals surface area contributed by atoms with Gasteiger partial charge < -0.3 is 9.15 Å². The molecule has 8 nitrogen and oxygen atoms in total. The van der Waals surface area contributed by atoms with Crippen LogP contribution in [-0.4, -0.2) is 31.1 Å². The van der Waals surface area contributed by atoms with Gasteiger partial charge in [-0.05, 0) is 42.8 Å². The topological polar surface area (TPSA) is 111 Å². The Balaban J connectivity index is 1.60. The molecule has 0 aliphatic heterocycles. The molecule has 152 valence electrons. The zero-order valence-electron chi connectivity index (χ0n) is 15.9. The van der Waals surface area contributed by atoms with Gasteiger partial charge in [0, 0.05) is 5.56 Å². The third-order valence-corrected chi connectivity index (χ3v) is 5.60. The van der Waals surface area contributed by atoms with Gasteiger partial charge in [-0.15, -0.1) is 5.10 Å². The number of sulfone groups is 1. The summed E-state index contributed by atoms with van der Waals surface area (Å²) >= 11 is 0. The first-order chi connectivity index (χ1) is 14.0. The molecule has 0 radical (unpaired) electrons. The number of benzene rings is 2. The summed E-state index contributed by atoms with van der Waals surface area (Å²) in [5.41, 5.74) is 0.379. The molecule has 0 aliphatic rings. The molecule has 1 amide bonds. The van der Waals surface area contributed by atoms with E-state index in [2.05, 4.69) is 22.4 Å². The average molecular weight is 415 g/mol. The average Bonchev–Trinajstić information content (AvgIpc) is 3.15. The van der Waals surface area contributed by atoms with E-state index in [4.69, 9.17) is 9.15 Å². The Labute approximate surface area is 168 Å². The molecule has 9 heteroatoms. The smallest absolute Gasteiger partial charge is 0.322 e. The van der Waals surface area contributed by atoms with E-state index < -0.39 is 21.5 Å². The molecule has 1 heterocycles. The van der Waals surface area contributed by atoms with Crippen LogP contribution in [0.2, 0.25) is 0 Å². The van der Waals surface area contributed by atoms with Crippen LogP contribution < -0.4 is 10.1 Å². The number of aromatic nitrogens is 2. The van der Waals surface area contributed by atoms with Crippen LogP contribution in [-0.2, 0) is 15.6 Å². The zero-order valence-corrected chi connectivity index (χ0v) is 16.7. The van der Waals surface area contributed by atoms with Crippen molar-refractivity contribution in [2.45, 2.75) is 30.4 Å². The molecule has 0 aliphatic carbocycles. The number of carbonyl (C=O) groups is 1. The quantitative estimate of drug-likeness (QED) is 0.533. The first kappa shape index (κ1) is 20.5. The van der Waals surface area contributed by atoms with Gasteiger partial charge in [0.25, 0.3) is 5.91 Å². The summed E-state index contributed by atoms with van der Waals surface area (Å²) in [4.78, 5) is 12.5. The summed E-state index contributed by atoms with van der Waals surface area (Å²) < 4.78 is 35.5. The molecule has 0 saturated heterocycles. The largest absolute Gasteiger partial charge is 0.494 e. The SMILES string of the molecule is CCCCOc1ccc(C(=O)Nc2nnc(CS(=O)(=O)c3ccccc3)o2)cc1. The van der Waals surface area contributed by atoms with E-state index in [9.17, 15) is 13.2 Å². The number of hydrogen-bond donors (Lipinski definition) is 1. The third-order valence-electron chi connectivity index (χ3n) is 3.99. The Bertz CT molecular complexity index is 1050. The molecule has 3 rings (SSSR count). The fraction of sp³-hybridized carbons (Fsp3) is 0.250. The van der Waals surface area contributed by atoms with Crippen molar-refractivity contribution in [2.24, 2.45) is 0 Å². The second-order valence-corrected chi connectivity index (χ2v) is 8.24. The van der Waals surface area contributed by atoms with Crippen LogP contribution >= 0.6 is 0 Å². The minimum absolute atomic E-state index is 0.108. The summed E-state index contributed by atoms with van der Waals surface area (Å²) in [5.74, 6) is -0.333. The number of hydrogen-bond acceptors (Lipinski definition) is 7. The molecule has 3 aromatic rings. The van der Waals surface area contributed by atoms with Crippen LogP contribution in [0.3, 0.4) is 0 Å². The molecule has 0 saturated carbocycles. The van der Waals surface area contributed by atoms with Crippen molar-refractivity contribution in [3.05, 3.63) is 66.1 Å². The molecule has 1 N–H and O–H groups in total. The highest BCUT2D eigenvalue weighted by Gasteiger charge is 2.20. The van der Waals surface area contributed by atoms with Crippen LogP contribution in [0.1, 0.15) is 36.0 Å². The number of ether oxygens (including phenoxy) is 1. The van der Waals surface area contributed by atoms with E-state index in [1.54, 1.807) is 42.5 Å². The lowest BCUT2D eigenvalue weighted by molar-refractivity contribution is 0.102. The summed E-state index contributed by atoms with van der Waals surface area (Å²) in [5, 5.41) is 9.85. The van der Waals surface area contributed by atoms with Crippen LogP contribution in [0.15, 0.2) is 63.9 Å². The number of carbonyl (C=O) groups excluding carboxylic acids is 1. The van der Waals surface area contributed by atoms with E-state index >= 15 is 0 Å². The van der Waals surface area contributed by atoms with Crippen LogP contribution in [0.5, 0.6) is 5.75 Å². The van der Waals surface area contributed by atoms with Crippen LogP contribution in [0.25, 0.3) is 0 Å². The first-order valence-electron chi connectivity index (χ1n) is 9.12. The molecule has 29 heavy (non-hydrogen) atoms. The zero-order chi connectivity index (χ0) is 20.7. The number of rotatable bonds is 9. The summed E-state index contributed by atoms with van der Waals surface area (Å²) in [6.07, 6.45) is 2.00. The molecule has 2 aromatic carbocycles. The van der Waals surface area contributed by atoms with Gasteiger partial charge in [-0.3, -0.25) is 10.1 Å². The van der Waals surface area contributed by atoms with E-state index in [-0.39, 0.29) is 16.8 Å². The monoisotopic (exact) mass is 415 g/mol. The van der Waals surface area contributed by atoms with E-state index in [1.807, 2.05) is 0 Å². The highest BCUT2D eigenvalue weighted by molar-refractivity contribution is 7.90. The maximum absolute atomic E-state index is 12.4. The lowest BCUT2D eigenvalue weighted by atomic mass is 10.2. The number of anilines is 1. The molecule has 0 bridgehead atoms. The highest BCUT2D eigenvalue weighted by atomic mass is 32.2. The lowest BCUT2D eigenvalue weighted by Crippen LogP contribution is -2.12. The number of nitrogens with zero attached hydrogens (tertiary/aromatic N) is 2. The van der Waals surface area contributed by atoms with E-state index in [1.165, 1.54) is 12.1 Å². The predicted molar refractivity (Wildman–Crippen MR) is 106 cm³/mol. The molecule has 0 atom stereocenters. The maximum atomic E-state index is 12.4. The number of amides is 1. The minimum atomic E-state index is -3.62. The first-order valence-corrected chi connectivity index (χ1v) is 10.8. The van der Waals surface area contributed by atoms with Gasteiger partial charge in [-0.2, -0.15) is 0 Å². The van der Waals surface area contributed by atoms with Crippen molar-refractivity contribution in [1.82, 2.24) is 10.2 Å². The Morgan fingerprint density at radius 1 is 1.07 bits per heavy atom. The van der Waals surface area contributed by atoms with Crippen molar-refractivity contribution in [3.8, 4) is 5.75 Å². The molecular weight excluding hydrogens is 394 g/mol. The summed E-state index contributed by atoms with van der Waals surface area (Å²) in [6.45, 7) is 2.70. The fourth-order valence-electron chi connectivity index (χ4n) is 2.44. The second kappa shape index (κ2) is 9.33. The summed E-state index contributed by atoms with van der Waals surface area (Å²) in [6, 6.07) is 14.4. The molecular formula is C20H21N3O5S. The number of unbranched alkanes of at least 4 members (excludes halogenated alkanes) is 1. The van der Waals surface area contributed by atoms with E-state index in [0.717, 1.165) is 12.8 Å². The molecule has 0 spiro atoms. The highest BCUT2D eigenvalue weighted by Crippen LogP contribution is 2.18. The van der Waals surface area contributed by atoms with Gasteiger partial charge in [-0.1, -0.05) is 36.6 Å². The Kier molecular flexibility index (Phi) is 6.61. The number of nitrogens with one attached hydrogen (secondary N) is 1. The second-order valence-electron chi connectivity index (χ2n) is 6.25. The third kappa shape index (κ3) is 5.64. The van der Waals surface area contributed by atoms with E-state index in [0.29, 0.717) is 17.9 Å². The van der Waals surface area contributed by atoms with Crippen molar-refractivity contribution in [2.75, 3.05) is 11.9 Å². The van der Waals surface area contributed by atoms with Gasteiger partial charge in [0.2, 0.25) is 5.89 Å². The fourth-order valence-corrected chi connectivity index (χ4v) is 3.62. The minimum Gasteiger partial charge on any atom is -0.494 e. The van der Waals surface area contributed by atoms with Crippen molar-refractivity contribution < 1.29 is 22.4 Å². The van der Waals surface area contributed by atoms with Gasteiger partial charge in [-0.25, -0.2) is 8.42 Å². The Hall–Kier alpha value is -3.20. The molecule has 0 fully saturated rings. The van der Waals surface area contributed by atoms with Crippen molar-refractivity contribution in [3.63, 3.8) is 0 Å². The van der Waals surface area contributed by atoms with Crippen molar-refractivity contribution in [1.29, 1.82) is 0 Å². The predicted octanol–water partition coefficient (Wildman–Crippen LogP) is 3.47. The lowest BCUT2D eigenvalue weighted by Gasteiger charge is -2.06. The van der Waals surface area contributed by atoms with Gasteiger partial charge in [0.05, 0.1) is 11.5 Å². The summed E-state index contributed by atoms with van der Waals surface area (Å²) in [7, 11) is -3.62. The Morgan fingerprint density at radius 2 is 1.79 bits per heavy atom. The van der Waals surface area contributed by atoms with Crippen molar-refractivity contribution >= 4 is 21.8 Å². The van der Waals surface area contributed by atoms with Gasteiger partial charge >= 0.3 is 6.01 Å². The van der Waals surface area contributed by atoms with Gasteiger partial charge in [0.1, 0.15) is 11.5 Å². The van der Waals surface area contributed by atoms with Gasteiger partial charge in [0.15, 0.2) is 9.84 Å². The van der Waals surface area contributed by atoms with Crippen LogP contribution in [0.4, 0.5) is 6.01 Å². The molecule has 1 aromatic heterocycles. The maximum Gasteiger partial charge on any atom is 0.322 e. The van der Waals surface area contributed by atoms with Crippen LogP contribution in [0, 0.1) is 0 Å². The Morgan fingerprint density at radius 3 is 2.48 bits per heavy atom. The molecule has 0 unspecified atom stereocenters. The standard InChI is InChI=1S/C20H21N3O5S/c1-2-3-13-27-16-11-9-15(10-12-16)19(24)21-20-23-22-18(28-20)14-29(25,26)17-7-5-4-6-8-17/h4-12H,2-3,13-14H2,1H3,(H,21,23,24). The normalized spacial score (nSPS) is 11.2.